The first kappa shape index (κ1) is 13.9. The number of rotatable bonds is 0. The molecule has 1 fully saturated rings. The zero-order chi connectivity index (χ0) is 14.5. The summed E-state index contributed by atoms with van der Waals surface area (Å²) in [6, 6.07) is 3.24. The molecule has 1 spiro atoms. The van der Waals surface area contributed by atoms with Gasteiger partial charge in [-0.2, -0.15) is 13.2 Å². The van der Waals surface area contributed by atoms with Gasteiger partial charge >= 0.3 is 6.18 Å². The summed E-state index contributed by atoms with van der Waals surface area (Å²) in [5, 5.41) is 3.38. The SMILES string of the molecule is C[C@@H]1C[C@@]2(CCN1)c1ccc(C(F)(F)F)n1CCN2C. The number of piperidine rings is 1. The zero-order valence-corrected chi connectivity index (χ0v) is 11.8. The van der Waals surface area contributed by atoms with Gasteiger partial charge in [0.25, 0.3) is 0 Å². The fourth-order valence-electron chi connectivity index (χ4n) is 3.81. The predicted octanol–water partition coefficient (Wildman–Crippen LogP) is 2.42. The van der Waals surface area contributed by atoms with Gasteiger partial charge in [0.2, 0.25) is 0 Å². The molecule has 0 radical (unpaired) electrons. The normalized spacial score (nSPS) is 31.6. The number of aromatic nitrogens is 1. The standard InChI is InChI=1S/C14H20F3N3/c1-10-9-13(5-6-18-10)11-3-4-12(14(15,16)17)20(11)8-7-19(13)2/h3-4,10,18H,5-9H2,1-2H3/t10-,13+/m1/s1. The first-order valence-electron chi connectivity index (χ1n) is 7.06. The van der Waals surface area contributed by atoms with Gasteiger partial charge in [-0.05, 0) is 45.5 Å². The van der Waals surface area contributed by atoms with Crippen LogP contribution in [-0.2, 0) is 18.3 Å². The van der Waals surface area contributed by atoms with Crippen molar-refractivity contribution in [3.63, 3.8) is 0 Å². The van der Waals surface area contributed by atoms with E-state index in [0.29, 0.717) is 19.1 Å². The fraction of sp³-hybridized carbons (Fsp3) is 0.714. The van der Waals surface area contributed by atoms with E-state index in [1.54, 1.807) is 6.07 Å². The topological polar surface area (TPSA) is 20.2 Å². The molecular weight excluding hydrogens is 267 g/mol. The number of hydrogen-bond acceptors (Lipinski definition) is 2. The summed E-state index contributed by atoms with van der Waals surface area (Å²) >= 11 is 0. The molecule has 112 valence electrons. The zero-order valence-electron chi connectivity index (χ0n) is 11.8. The van der Waals surface area contributed by atoms with Gasteiger partial charge in [0.15, 0.2) is 0 Å². The van der Waals surface area contributed by atoms with Crippen molar-refractivity contribution >= 4 is 0 Å². The summed E-state index contributed by atoms with van der Waals surface area (Å²) in [6.07, 6.45) is -2.56. The summed E-state index contributed by atoms with van der Waals surface area (Å²) in [5.74, 6) is 0. The molecule has 1 N–H and O–H groups in total. The minimum Gasteiger partial charge on any atom is -0.338 e. The minimum atomic E-state index is -4.27. The molecule has 6 heteroatoms. The van der Waals surface area contributed by atoms with Crippen LogP contribution in [0.4, 0.5) is 13.2 Å². The monoisotopic (exact) mass is 287 g/mol. The van der Waals surface area contributed by atoms with E-state index in [1.165, 1.54) is 10.6 Å². The van der Waals surface area contributed by atoms with E-state index in [2.05, 4.69) is 17.1 Å². The molecule has 2 aliphatic rings. The van der Waals surface area contributed by atoms with E-state index in [-0.39, 0.29) is 5.54 Å². The van der Waals surface area contributed by atoms with Gasteiger partial charge in [-0.25, -0.2) is 0 Å². The maximum absolute atomic E-state index is 13.1. The molecule has 3 rings (SSSR count). The van der Waals surface area contributed by atoms with Gasteiger partial charge in [-0.3, -0.25) is 4.90 Å². The third-order valence-electron chi connectivity index (χ3n) is 4.81. The lowest BCUT2D eigenvalue weighted by atomic mass is 9.79. The highest BCUT2D eigenvalue weighted by Gasteiger charge is 2.47. The fourth-order valence-corrected chi connectivity index (χ4v) is 3.81. The second-order valence-corrected chi connectivity index (χ2v) is 6.02. The van der Waals surface area contributed by atoms with Crippen molar-refractivity contribution in [3.05, 3.63) is 23.5 Å². The summed E-state index contributed by atoms with van der Waals surface area (Å²) < 4.78 is 40.8. The van der Waals surface area contributed by atoms with Gasteiger partial charge in [-0.1, -0.05) is 0 Å². The highest BCUT2D eigenvalue weighted by atomic mass is 19.4. The second-order valence-electron chi connectivity index (χ2n) is 6.02. The molecule has 1 saturated heterocycles. The van der Waals surface area contributed by atoms with E-state index in [0.717, 1.165) is 25.1 Å². The van der Waals surface area contributed by atoms with Crippen molar-refractivity contribution < 1.29 is 13.2 Å². The molecule has 3 nitrogen and oxygen atoms in total. The van der Waals surface area contributed by atoms with Crippen molar-refractivity contribution in [1.29, 1.82) is 0 Å². The van der Waals surface area contributed by atoms with Crippen molar-refractivity contribution in [2.75, 3.05) is 20.1 Å². The predicted molar refractivity (Wildman–Crippen MR) is 70.4 cm³/mol. The Morgan fingerprint density at radius 3 is 2.70 bits per heavy atom. The van der Waals surface area contributed by atoms with Crippen LogP contribution in [0, 0.1) is 0 Å². The highest BCUT2D eigenvalue weighted by Crippen LogP contribution is 2.43. The summed E-state index contributed by atoms with van der Waals surface area (Å²) in [5.41, 5.74) is 0.0601. The largest absolute Gasteiger partial charge is 0.431 e. The first-order chi connectivity index (χ1) is 9.34. The molecule has 0 amide bonds. The van der Waals surface area contributed by atoms with Crippen LogP contribution in [0.25, 0.3) is 0 Å². The summed E-state index contributed by atoms with van der Waals surface area (Å²) in [7, 11) is 2.03. The number of hydrogen-bond donors (Lipinski definition) is 1. The van der Waals surface area contributed by atoms with Crippen LogP contribution in [0.5, 0.6) is 0 Å². The van der Waals surface area contributed by atoms with E-state index in [4.69, 9.17) is 0 Å². The van der Waals surface area contributed by atoms with Crippen molar-refractivity contribution in [3.8, 4) is 0 Å². The van der Waals surface area contributed by atoms with Crippen molar-refractivity contribution in [2.24, 2.45) is 0 Å². The lowest BCUT2D eigenvalue weighted by molar-refractivity contribution is -0.144. The molecular formula is C14H20F3N3. The first-order valence-corrected chi connectivity index (χ1v) is 7.06. The van der Waals surface area contributed by atoms with E-state index in [9.17, 15) is 13.2 Å². The Labute approximate surface area is 116 Å². The number of likely N-dealkylation sites (N-methyl/N-ethyl adjacent to an activating group) is 1. The second kappa shape index (κ2) is 4.49. The van der Waals surface area contributed by atoms with Gasteiger partial charge in [0.1, 0.15) is 5.69 Å². The number of nitrogens with one attached hydrogen (secondary N) is 1. The van der Waals surface area contributed by atoms with Crippen LogP contribution >= 0.6 is 0 Å². The quantitative estimate of drug-likeness (QED) is 0.791. The van der Waals surface area contributed by atoms with Crippen LogP contribution in [0.1, 0.15) is 31.2 Å². The Balaban J connectivity index is 2.08. The third-order valence-corrected chi connectivity index (χ3v) is 4.81. The van der Waals surface area contributed by atoms with Gasteiger partial charge in [0, 0.05) is 24.8 Å². The number of halogens is 3. The lowest BCUT2D eigenvalue weighted by Gasteiger charge is -2.50. The van der Waals surface area contributed by atoms with Gasteiger partial charge in [0.05, 0.1) is 5.54 Å². The van der Waals surface area contributed by atoms with E-state index in [1.807, 2.05) is 7.05 Å². The smallest absolute Gasteiger partial charge is 0.338 e. The lowest BCUT2D eigenvalue weighted by Crippen LogP contribution is -2.57. The number of fused-ring (bicyclic) bond motifs is 2. The average molecular weight is 287 g/mol. The van der Waals surface area contributed by atoms with Crippen LogP contribution in [0.2, 0.25) is 0 Å². The molecule has 0 unspecified atom stereocenters. The summed E-state index contributed by atoms with van der Waals surface area (Å²) in [6.45, 7) is 4.02. The molecule has 0 saturated carbocycles. The van der Waals surface area contributed by atoms with Crippen LogP contribution < -0.4 is 5.32 Å². The summed E-state index contributed by atoms with van der Waals surface area (Å²) in [4.78, 5) is 2.24. The molecule has 1 aromatic rings. The van der Waals surface area contributed by atoms with E-state index < -0.39 is 11.9 Å². The molecule has 0 bridgehead atoms. The molecule has 1 aromatic heterocycles. The minimum absolute atomic E-state index is 0.258. The maximum atomic E-state index is 13.1. The van der Waals surface area contributed by atoms with Crippen LogP contribution in [-0.4, -0.2) is 35.6 Å². The highest BCUT2D eigenvalue weighted by molar-refractivity contribution is 5.28. The molecule has 3 heterocycles. The van der Waals surface area contributed by atoms with Gasteiger partial charge in [-0.15, -0.1) is 0 Å². The molecule has 2 aliphatic heterocycles. The molecule has 0 aliphatic carbocycles. The number of nitrogens with zero attached hydrogens (tertiary/aromatic N) is 2. The van der Waals surface area contributed by atoms with Crippen LogP contribution in [0.15, 0.2) is 12.1 Å². The van der Waals surface area contributed by atoms with Crippen LogP contribution in [0.3, 0.4) is 0 Å². The molecule has 0 aromatic carbocycles. The van der Waals surface area contributed by atoms with E-state index >= 15 is 0 Å². The Bertz CT molecular complexity index is 508. The third kappa shape index (κ3) is 1.97. The molecule has 20 heavy (non-hydrogen) atoms. The Hall–Kier alpha value is -1.01. The molecule has 2 atom stereocenters. The number of alkyl halides is 3. The maximum Gasteiger partial charge on any atom is 0.431 e. The van der Waals surface area contributed by atoms with Crippen molar-refractivity contribution in [2.45, 2.75) is 44.1 Å². The Kier molecular flexibility index (Phi) is 3.14. The average Bonchev–Trinajstić information content (AvgIpc) is 2.79. The Morgan fingerprint density at radius 1 is 1.30 bits per heavy atom. The van der Waals surface area contributed by atoms with Gasteiger partial charge < -0.3 is 9.88 Å². The van der Waals surface area contributed by atoms with Crippen molar-refractivity contribution in [1.82, 2.24) is 14.8 Å². The Morgan fingerprint density at radius 2 is 2.05 bits per heavy atom.